The van der Waals surface area contributed by atoms with Crippen LogP contribution in [0.15, 0.2) is 0 Å². The molecular formula is C20H38N4O5S. The van der Waals surface area contributed by atoms with E-state index in [1.54, 1.807) is 0 Å². The Hall–Kier alpha value is -1.81. The lowest BCUT2D eigenvalue weighted by molar-refractivity contribution is -0.142. The second-order valence-corrected chi connectivity index (χ2v) is 9.32. The minimum atomic E-state index is -1.12. The van der Waals surface area contributed by atoms with Crippen molar-refractivity contribution in [3.05, 3.63) is 0 Å². The average Bonchev–Trinajstić information content (AvgIpc) is 2.62. The molecule has 9 nitrogen and oxygen atoms in total. The molecular weight excluding hydrogens is 408 g/mol. The molecule has 4 unspecified atom stereocenters. The van der Waals surface area contributed by atoms with E-state index in [0.717, 1.165) is 0 Å². The van der Waals surface area contributed by atoms with E-state index in [1.807, 2.05) is 34.0 Å². The van der Waals surface area contributed by atoms with Crippen LogP contribution in [0.1, 0.15) is 53.9 Å². The second kappa shape index (κ2) is 14.2. The van der Waals surface area contributed by atoms with E-state index >= 15 is 0 Å². The number of carbonyl (C=O) groups excluding carboxylic acids is 3. The van der Waals surface area contributed by atoms with Crippen LogP contribution in [-0.2, 0) is 19.2 Å². The number of hydrogen-bond acceptors (Lipinski definition) is 6. The van der Waals surface area contributed by atoms with E-state index in [0.29, 0.717) is 18.6 Å². The molecule has 0 radical (unpaired) electrons. The summed E-state index contributed by atoms with van der Waals surface area (Å²) >= 11 is 1.48. The number of carboxylic acids is 1. The van der Waals surface area contributed by atoms with Crippen molar-refractivity contribution in [1.82, 2.24) is 16.0 Å². The van der Waals surface area contributed by atoms with Crippen LogP contribution in [0.2, 0.25) is 0 Å². The summed E-state index contributed by atoms with van der Waals surface area (Å²) in [7, 11) is 0. The molecule has 0 aromatic rings. The molecule has 174 valence electrons. The summed E-state index contributed by atoms with van der Waals surface area (Å²) in [6.07, 6.45) is 2.96. The number of amides is 3. The van der Waals surface area contributed by atoms with Crippen LogP contribution in [0.3, 0.4) is 0 Å². The predicted molar refractivity (Wildman–Crippen MR) is 119 cm³/mol. The molecule has 0 rings (SSSR count). The van der Waals surface area contributed by atoms with Crippen molar-refractivity contribution < 1.29 is 24.3 Å². The molecule has 6 N–H and O–H groups in total. The molecule has 3 amide bonds. The fourth-order valence-electron chi connectivity index (χ4n) is 2.77. The van der Waals surface area contributed by atoms with Gasteiger partial charge in [-0.05, 0) is 50.0 Å². The van der Waals surface area contributed by atoms with E-state index in [4.69, 9.17) is 5.73 Å². The Morgan fingerprint density at radius 2 is 1.37 bits per heavy atom. The van der Waals surface area contributed by atoms with Gasteiger partial charge in [0.2, 0.25) is 17.7 Å². The number of rotatable bonds is 14. The van der Waals surface area contributed by atoms with Crippen LogP contribution in [-0.4, -0.2) is 65.0 Å². The Bertz CT molecular complexity index is 586. The molecule has 30 heavy (non-hydrogen) atoms. The summed E-state index contributed by atoms with van der Waals surface area (Å²) in [4.78, 5) is 48.8. The minimum Gasteiger partial charge on any atom is -0.480 e. The lowest BCUT2D eigenvalue weighted by Gasteiger charge is -2.25. The van der Waals surface area contributed by atoms with E-state index in [2.05, 4.69) is 16.0 Å². The second-order valence-electron chi connectivity index (χ2n) is 8.34. The first-order chi connectivity index (χ1) is 13.9. The van der Waals surface area contributed by atoms with Crippen molar-refractivity contribution in [1.29, 1.82) is 0 Å². The maximum absolute atomic E-state index is 12.7. The van der Waals surface area contributed by atoms with Gasteiger partial charge in [0, 0.05) is 0 Å². The van der Waals surface area contributed by atoms with Crippen molar-refractivity contribution in [3.8, 4) is 0 Å². The third-order valence-corrected chi connectivity index (χ3v) is 5.02. The minimum absolute atomic E-state index is 0.0832. The van der Waals surface area contributed by atoms with Crippen LogP contribution >= 0.6 is 11.8 Å². The number of carbonyl (C=O) groups is 4. The fourth-order valence-corrected chi connectivity index (χ4v) is 3.24. The standard InChI is InChI=1S/C20H38N4O5S/c1-11(2)9-14(21)18(26)22-13(5)17(25)24-16(10-12(3)4)19(27)23-15(20(28)29)7-8-30-6/h11-16H,7-10,21H2,1-6H3,(H,22,26)(H,23,27)(H,24,25)(H,28,29). The Morgan fingerprint density at radius 3 is 1.83 bits per heavy atom. The number of nitrogens with two attached hydrogens (primary N) is 1. The Labute approximate surface area is 183 Å². The normalized spacial score (nSPS) is 15.2. The SMILES string of the molecule is CSCCC(NC(=O)C(CC(C)C)NC(=O)C(C)NC(=O)C(N)CC(C)C)C(=O)O. The van der Waals surface area contributed by atoms with Gasteiger partial charge in [-0.15, -0.1) is 0 Å². The van der Waals surface area contributed by atoms with Gasteiger partial charge < -0.3 is 26.8 Å². The lowest BCUT2D eigenvalue weighted by Crippen LogP contribution is -2.56. The molecule has 0 aliphatic carbocycles. The Morgan fingerprint density at radius 1 is 0.833 bits per heavy atom. The summed E-state index contributed by atoms with van der Waals surface area (Å²) in [5.41, 5.74) is 5.84. The molecule has 0 heterocycles. The maximum atomic E-state index is 12.7. The molecule has 0 aliphatic rings. The van der Waals surface area contributed by atoms with Crippen molar-refractivity contribution in [2.75, 3.05) is 12.0 Å². The van der Waals surface area contributed by atoms with Crippen LogP contribution in [0.25, 0.3) is 0 Å². The van der Waals surface area contributed by atoms with Gasteiger partial charge in [-0.2, -0.15) is 11.8 Å². The molecule has 0 fully saturated rings. The van der Waals surface area contributed by atoms with Crippen LogP contribution in [0.5, 0.6) is 0 Å². The predicted octanol–water partition coefficient (Wildman–Crippen LogP) is 0.718. The highest BCUT2D eigenvalue weighted by molar-refractivity contribution is 7.98. The van der Waals surface area contributed by atoms with Gasteiger partial charge in [0.1, 0.15) is 18.1 Å². The van der Waals surface area contributed by atoms with Crippen LogP contribution in [0.4, 0.5) is 0 Å². The molecule has 0 spiro atoms. The maximum Gasteiger partial charge on any atom is 0.326 e. The van der Waals surface area contributed by atoms with Crippen molar-refractivity contribution in [2.24, 2.45) is 17.6 Å². The highest BCUT2D eigenvalue weighted by Crippen LogP contribution is 2.08. The largest absolute Gasteiger partial charge is 0.480 e. The number of thioether (sulfide) groups is 1. The smallest absolute Gasteiger partial charge is 0.326 e. The number of nitrogens with one attached hydrogen (secondary N) is 3. The monoisotopic (exact) mass is 446 g/mol. The summed E-state index contributed by atoms with van der Waals surface area (Å²) in [5, 5.41) is 17.0. The third kappa shape index (κ3) is 11.4. The van der Waals surface area contributed by atoms with Crippen LogP contribution in [0, 0.1) is 11.8 Å². The summed E-state index contributed by atoms with van der Waals surface area (Å²) in [6.45, 7) is 9.19. The molecule has 0 aromatic carbocycles. The number of carboxylic acid groups (broad SMARTS) is 1. The summed E-state index contributed by atoms with van der Waals surface area (Å²) in [5.74, 6) is -1.73. The van der Waals surface area contributed by atoms with Gasteiger partial charge in [0.15, 0.2) is 0 Å². The fraction of sp³-hybridized carbons (Fsp3) is 0.800. The van der Waals surface area contributed by atoms with Gasteiger partial charge in [-0.25, -0.2) is 4.79 Å². The van der Waals surface area contributed by atoms with Crippen molar-refractivity contribution in [2.45, 2.75) is 78.0 Å². The van der Waals surface area contributed by atoms with Crippen LogP contribution < -0.4 is 21.7 Å². The molecule has 0 bridgehead atoms. The number of hydrogen-bond donors (Lipinski definition) is 5. The summed E-state index contributed by atoms with van der Waals surface area (Å²) < 4.78 is 0. The van der Waals surface area contributed by atoms with Crippen molar-refractivity contribution >= 4 is 35.5 Å². The molecule has 0 saturated heterocycles. The zero-order valence-electron chi connectivity index (χ0n) is 18.9. The van der Waals surface area contributed by atoms with Gasteiger partial charge in [-0.1, -0.05) is 27.7 Å². The average molecular weight is 447 g/mol. The first-order valence-corrected chi connectivity index (χ1v) is 11.7. The van der Waals surface area contributed by atoms with Gasteiger partial charge in [0.05, 0.1) is 6.04 Å². The van der Waals surface area contributed by atoms with E-state index in [1.165, 1.54) is 18.7 Å². The highest BCUT2D eigenvalue weighted by Gasteiger charge is 2.29. The zero-order chi connectivity index (χ0) is 23.4. The molecule has 4 atom stereocenters. The van der Waals surface area contributed by atoms with Gasteiger partial charge in [-0.3, -0.25) is 14.4 Å². The van der Waals surface area contributed by atoms with Gasteiger partial charge >= 0.3 is 5.97 Å². The summed E-state index contributed by atoms with van der Waals surface area (Å²) in [6, 6.07) is -3.53. The molecule has 10 heteroatoms. The quantitative estimate of drug-likeness (QED) is 0.264. The molecule has 0 aliphatic heterocycles. The molecule has 0 saturated carbocycles. The lowest BCUT2D eigenvalue weighted by atomic mass is 10.0. The first kappa shape index (κ1) is 28.2. The van der Waals surface area contributed by atoms with E-state index in [9.17, 15) is 24.3 Å². The third-order valence-electron chi connectivity index (χ3n) is 4.38. The Balaban J connectivity index is 5.05. The first-order valence-electron chi connectivity index (χ1n) is 10.3. The van der Waals surface area contributed by atoms with E-state index in [-0.39, 0.29) is 18.3 Å². The van der Waals surface area contributed by atoms with Gasteiger partial charge in [0.25, 0.3) is 0 Å². The highest BCUT2D eigenvalue weighted by atomic mass is 32.2. The van der Waals surface area contributed by atoms with Crippen molar-refractivity contribution in [3.63, 3.8) is 0 Å². The van der Waals surface area contributed by atoms with E-state index < -0.39 is 47.9 Å². The topological polar surface area (TPSA) is 151 Å². The Kier molecular flexibility index (Phi) is 13.4. The molecule has 0 aromatic heterocycles. The zero-order valence-corrected chi connectivity index (χ0v) is 19.7. The number of aliphatic carboxylic acids is 1.